The molecule has 2 rings (SSSR count). The number of aryl methyl sites for hydroxylation is 6. The molecule has 0 amide bonds. The SMILES string of the molecule is Cc1cc(C)[c]([Ge]([F])[c]2c(C)cc(C)cc2C)c(C)c1.[CH2-]CC(C)(C)C.[Li+]. The van der Waals surface area contributed by atoms with Gasteiger partial charge in [-0.25, -0.2) is 0 Å². The standard InChI is InChI=1S/C18H22FGe.C6H13.Li/c1-11-7-13(3)17(14(4)8-11)20(19)18-15(5)9-12(2)10-16(18)6;1-5-6(2,3)4;/h7-10H,1-6H3;1,5H2,2-4H3;/q;-1;+1. The van der Waals surface area contributed by atoms with Crippen molar-refractivity contribution in [2.75, 3.05) is 0 Å². The van der Waals surface area contributed by atoms with Crippen LogP contribution >= 0.6 is 0 Å². The van der Waals surface area contributed by atoms with Crippen LogP contribution in [0.2, 0.25) is 0 Å². The maximum absolute atomic E-state index is 15.3. The first-order chi connectivity index (χ1) is 11.9. The fourth-order valence-corrected chi connectivity index (χ4v) is 7.21. The zero-order valence-corrected chi connectivity index (χ0v) is 21.2. The van der Waals surface area contributed by atoms with E-state index in [1.165, 1.54) is 11.1 Å². The van der Waals surface area contributed by atoms with E-state index in [0.717, 1.165) is 37.5 Å². The molecule has 0 saturated carbocycles. The van der Waals surface area contributed by atoms with Gasteiger partial charge in [0.25, 0.3) is 0 Å². The second-order valence-corrected chi connectivity index (χ2v) is 12.1. The molecule has 143 valence electrons. The molecule has 0 atom stereocenters. The number of benzene rings is 2. The first-order valence-corrected chi connectivity index (χ1v) is 12.2. The van der Waals surface area contributed by atoms with Gasteiger partial charge in [-0.3, -0.25) is 0 Å². The van der Waals surface area contributed by atoms with Crippen LogP contribution in [-0.4, -0.2) is 14.8 Å². The zero-order valence-electron chi connectivity index (χ0n) is 19.1. The third-order valence-corrected chi connectivity index (χ3v) is 9.69. The molecule has 0 aliphatic carbocycles. The molecule has 0 fully saturated rings. The molecule has 0 heterocycles. The molecule has 3 heteroatoms. The summed E-state index contributed by atoms with van der Waals surface area (Å²) in [6.07, 6.45) is 1.02. The van der Waals surface area contributed by atoms with Crippen LogP contribution in [0, 0.1) is 53.9 Å². The smallest absolute Gasteiger partial charge is 0.343 e. The Morgan fingerprint density at radius 2 is 0.963 bits per heavy atom. The van der Waals surface area contributed by atoms with Crippen LogP contribution in [0.1, 0.15) is 60.6 Å². The molecule has 0 aromatic heterocycles. The molecule has 0 aliphatic heterocycles. The van der Waals surface area contributed by atoms with Crippen LogP contribution in [0.5, 0.6) is 0 Å². The van der Waals surface area contributed by atoms with Crippen LogP contribution in [0.3, 0.4) is 0 Å². The fourth-order valence-electron chi connectivity index (χ4n) is 3.18. The Labute approximate surface area is 184 Å². The Bertz CT molecular complexity index is 656. The summed E-state index contributed by atoms with van der Waals surface area (Å²) in [5.41, 5.74) is 7.30. The van der Waals surface area contributed by atoms with Crippen LogP contribution in [0.15, 0.2) is 24.3 Å². The molecule has 0 N–H and O–H groups in total. The average molecular weight is 422 g/mol. The van der Waals surface area contributed by atoms with Crippen molar-refractivity contribution in [3.63, 3.8) is 0 Å². The van der Waals surface area contributed by atoms with E-state index >= 15 is 3.50 Å². The number of rotatable bonds is 2. The van der Waals surface area contributed by atoms with Gasteiger partial charge < -0.3 is 6.92 Å². The largest absolute Gasteiger partial charge is 1.00 e. The zero-order chi connectivity index (χ0) is 20.2. The van der Waals surface area contributed by atoms with Crippen LogP contribution in [0.4, 0.5) is 3.50 Å². The molecule has 27 heavy (non-hydrogen) atoms. The van der Waals surface area contributed by atoms with E-state index in [9.17, 15) is 0 Å². The third kappa shape index (κ3) is 7.80. The van der Waals surface area contributed by atoms with Crippen molar-refractivity contribution in [2.24, 2.45) is 5.41 Å². The number of halogens is 1. The minimum Gasteiger partial charge on any atom is -0.343 e. The average Bonchev–Trinajstić information content (AvgIpc) is 2.44. The van der Waals surface area contributed by atoms with Gasteiger partial charge >= 0.3 is 145 Å². The Morgan fingerprint density at radius 3 is 1.15 bits per heavy atom. The summed E-state index contributed by atoms with van der Waals surface area (Å²) in [4.78, 5) is 0. The van der Waals surface area contributed by atoms with Crippen molar-refractivity contribution in [3.05, 3.63) is 64.6 Å². The Hall–Kier alpha value is -0.490. The maximum atomic E-state index is 15.3. The van der Waals surface area contributed by atoms with Gasteiger partial charge in [-0.2, -0.15) is 6.42 Å². The van der Waals surface area contributed by atoms with E-state index in [2.05, 4.69) is 65.8 Å². The Kier molecular flexibility index (Phi) is 10.7. The summed E-state index contributed by atoms with van der Waals surface area (Å²) in [6, 6.07) is 8.42. The molecular weight excluding hydrogens is 387 g/mol. The van der Waals surface area contributed by atoms with E-state index in [1.54, 1.807) is 0 Å². The van der Waals surface area contributed by atoms with Crippen LogP contribution in [0.25, 0.3) is 0 Å². The van der Waals surface area contributed by atoms with Gasteiger partial charge in [0.15, 0.2) is 0 Å². The molecule has 1 radical (unpaired) electrons. The molecule has 2 aromatic carbocycles. The molecule has 0 saturated heterocycles. The first kappa shape index (κ1) is 26.5. The minimum atomic E-state index is -2.93. The molecule has 0 bridgehead atoms. The van der Waals surface area contributed by atoms with Crippen molar-refractivity contribution in [2.45, 2.75) is 68.7 Å². The monoisotopic (exact) mass is 423 g/mol. The predicted octanol–water partition coefficient (Wildman–Crippen LogP) is 2.87. The fraction of sp³-hybridized carbons (Fsp3) is 0.458. The van der Waals surface area contributed by atoms with Crippen molar-refractivity contribution < 1.29 is 22.4 Å². The second kappa shape index (κ2) is 10.9. The van der Waals surface area contributed by atoms with Gasteiger partial charge in [0.2, 0.25) is 0 Å². The number of hydrogen-bond acceptors (Lipinski definition) is 0. The second-order valence-electron chi connectivity index (χ2n) is 8.67. The van der Waals surface area contributed by atoms with E-state index in [4.69, 9.17) is 0 Å². The summed E-state index contributed by atoms with van der Waals surface area (Å²) in [7, 11) is 0. The Morgan fingerprint density at radius 1 is 0.741 bits per heavy atom. The van der Waals surface area contributed by atoms with E-state index in [1.807, 2.05) is 27.7 Å². The van der Waals surface area contributed by atoms with Gasteiger partial charge in [-0.15, -0.1) is 0 Å². The summed E-state index contributed by atoms with van der Waals surface area (Å²) in [5.74, 6) is 0. The Balaban J connectivity index is 0.000000842. The van der Waals surface area contributed by atoms with Gasteiger partial charge in [0, 0.05) is 0 Å². The van der Waals surface area contributed by atoms with E-state index in [-0.39, 0.29) is 18.9 Å². The topological polar surface area (TPSA) is 0 Å². The molecule has 0 spiro atoms. The van der Waals surface area contributed by atoms with Crippen LogP contribution < -0.4 is 27.7 Å². The van der Waals surface area contributed by atoms with Crippen molar-refractivity contribution in [3.8, 4) is 0 Å². The third-order valence-electron chi connectivity index (χ3n) is 4.54. The van der Waals surface area contributed by atoms with Crippen molar-refractivity contribution >= 4 is 23.6 Å². The van der Waals surface area contributed by atoms with Crippen LogP contribution in [-0.2, 0) is 0 Å². The molecule has 0 aliphatic rings. The van der Waals surface area contributed by atoms with Gasteiger partial charge in [0.1, 0.15) is 0 Å². The summed E-state index contributed by atoms with van der Waals surface area (Å²) >= 11 is -2.93. The number of hydrogen-bond donors (Lipinski definition) is 0. The molecular formula is C24H35FGeLi. The summed E-state index contributed by atoms with van der Waals surface area (Å²) < 4.78 is 17.3. The van der Waals surface area contributed by atoms with Gasteiger partial charge in [-0.05, 0) is 0 Å². The van der Waals surface area contributed by atoms with Crippen molar-refractivity contribution in [1.82, 2.24) is 0 Å². The van der Waals surface area contributed by atoms with Crippen molar-refractivity contribution in [1.29, 1.82) is 0 Å². The summed E-state index contributed by atoms with van der Waals surface area (Å²) in [6.45, 7) is 22.6. The minimum absolute atomic E-state index is 0. The normalized spacial score (nSPS) is 11.0. The quantitative estimate of drug-likeness (QED) is 0.516. The summed E-state index contributed by atoms with van der Waals surface area (Å²) in [5, 5.41) is 0. The van der Waals surface area contributed by atoms with E-state index < -0.39 is 14.8 Å². The van der Waals surface area contributed by atoms with E-state index in [0.29, 0.717) is 5.41 Å². The van der Waals surface area contributed by atoms with Gasteiger partial charge in [-0.1, -0.05) is 26.2 Å². The predicted molar refractivity (Wildman–Crippen MR) is 117 cm³/mol. The molecule has 0 nitrogen and oxygen atoms in total. The van der Waals surface area contributed by atoms with Gasteiger partial charge in [0.05, 0.1) is 0 Å². The first-order valence-electron chi connectivity index (χ1n) is 9.35. The molecule has 2 aromatic rings. The molecule has 0 unspecified atom stereocenters. The maximum Gasteiger partial charge on any atom is 1.00 e.